The maximum atomic E-state index is 13.5. The lowest BCUT2D eigenvalue weighted by molar-refractivity contribution is -0.104. The lowest BCUT2D eigenvalue weighted by Crippen LogP contribution is -2.49. The molecule has 19 nitrogen and oxygen atoms in total. The fourth-order valence-electron chi connectivity index (χ4n) is 4.78. The molecule has 1 unspecified atom stereocenters. The molecule has 220 valence electrons. The van der Waals surface area contributed by atoms with Gasteiger partial charge in [-0.1, -0.05) is 17.5 Å². The molecule has 0 aromatic carbocycles. The predicted octanol–water partition coefficient (Wildman–Crippen LogP) is -1.80. The van der Waals surface area contributed by atoms with Crippen molar-refractivity contribution in [2.24, 2.45) is 0 Å². The van der Waals surface area contributed by atoms with Crippen molar-refractivity contribution in [3.05, 3.63) is 28.6 Å². The highest BCUT2D eigenvalue weighted by molar-refractivity contribution is 8.44. The minimum absolute atomic E-state index is 0.107. The third kappa shape index (κ3) is 4.85. The van der Waals surface area contributed by atoms with Crippen LogP contribution < -0.4 is 17.0 Å². The second kappa shape index (κ2) is 10.4. The van der Waals surface area contributed by atoms with E-state index in [0.717, 1.165) is 16.4 Å². The van der Waals surface area contributed by atoms with Crippen LogP contribution in [0, 0.1) is 0 Å². The van der Waals surface area contributed by atoms with E-state index in [9.17, 15) is 24.7 Å². The number of aromatic amines is 1. The number of hydrogen-bond acceptors (Lipinski definition) is 17. The first-order valence-corrected chi connectivity index (χ1v) is 15.8. The first-order chi connectivity index (χ1) is 19.5. The minimum atomic E-state index is -4.37. The highest BCUT2D eigenvalue weighted by Gasteiger charge is 2.56. The summed E-state index contributed by atoms with van der Waals surface area (Å²) in [5.74, 6) is -0.193. The van der Waals surface area contributed by atoms with Crippen molar-refractivity contribution >= 4 is 59.4 Å². The fraction of sp³-hybridized carbons (Fsp3) is 0.526. The molecule has 0 spiro atoms. The van der Waals surface area contributed by atoms with Gasteiger partial charge in [-0.05, 0) is 0 Å². The zero-order valence-corrected chi connectivity index (χ0v) is 23.4. The van der Waals surface area contributed by atoms with Crippen LogP contribution in [0.5, 0.6) is 0 Å². The van der Waals surface area contributed by atoms with Crippen LogP contribution in [0.25, 0.3) is 16.8 Å². The van der Waals surface area contributed by atoms with Crippen LogP contribution >= 0.6 is 30.8 Å². The molecule has 7 atom stereocenters. The zero-order valence-electron chi connectivity index (χ0n) is 20.8. The molecule has 6 heterocycles. The van der Waals surface area contributed by atoms with Gasteiger partial charge >= 0.3 is 6.80 Å². The number of nitrogens with two attached hydrogens (primary N) is 2. The molecule has 6 rings (SSSR count). The third-order valence-corrected chi connectivity index (χ3v) is 9.80. The predicted molar refractivity (Wildman–Crippen MR) is 145 cm³/mol. The summed E-state index contributed by atoms with van der Waals surface area (Å²) in [6.45, 7) is -5.24. The quantitative estimate of drug-likeness (QED) is 0.0836. The van der Waals surface area contributed by atoms with Gasteiger partial charge in [-0.3, -0.25) is 18.8 Å². The molecule has 2 aliphatic heterocycles. The number of rotatable bonds is 8. The highest BCUT2D eigenvalue weighted by atomic mass is 32.7. The maximum Gasteiger partial charge on any atom is 0.388 e. The van der Waals surface area contributed by atoms with E-state index in [0.29, 0.717) is 11.3 Å². The van der Waals surface area contributed by atoms with E-state index in [1.54, 1.807) is 0 Å². The number of aliphatic hydroxyl groups excluding tert-OH is 3. The van der Waals surface area contributed by atoms with Crippen molar-refractivity contribution < 1.29 is 33.7 Å². The van der Waals surface area contributed by atoms with Gasteiger partial charge in [-0.25, -0.2) is 19.0 Å². The van der Waals surface area contributed by atoms with Gasteiger partial charge in [-0.15, -0.1) is 16.9 Å². The van der Waals surface area contributed by atoms with Gasteiger partial charge in [0.25, 0.3) is 5.56 Å². The van der Waals surface area contributed by atoms with Gasteiger partial charge in [-0.2, -0.15) is 14.8 Å². The number of nitrogens with one attached hydrogen (secondary N) is 1. The Kier molecular flexibility index (Phi) is 7.19. The summed E-state index contributed by atoms with van der Waals surface area (Å²) in [4.78, 5) is 26.7. The molecular weight excluding hydrogens is 605 g/mol. The number of ether oxygens (including phenoxy) is 1. The van der Waals surface area contributed by atoms with Crippen LogP contribution in [0.2, 0.25) is 0 Å². The van der Waals surface area contributed by atoms with Gasteiger partial charge in [0, 0.05) is 12.2 Å². The molecule has 4 aromatic rings. The Labute approximate surface area is 238 Å². The number of aliphatic hydroxyl groups is 3. The summed E-state index contributed by atoms with van der Waals surface area (Å²) in [5, 5.41) is 42.6. The monoisotopic (exact) mass is 629 g/mol. The van der Waals surface area contributed by atoms with Crippen LogP contribution in [-0.4, -0.2) is 102 Å². The maximum absolute atomic E-state index is 13.5. The van der Waals surface area contributed by atoms with Crippen LogP contribution in [-0.2, 0) is 24.1 Å². The van der Waals surface area contributed by atoms with E-state index >= 15 is 0 Å². The summed E-state index contributed by atoms with van der Waals surface area (Å²) < 4.78 is 33.2. The number of hydrogen-bond donors (Lipinski definition) is 7. The van der Waals surface area contributed by atoms with Gasteiger partial charge in [0.1, 0.15) is 24.6 Å². The van der Waals surface area contributed by atoms with E-state index in [-0.39, 0.29) is 35.1 Å². The van der Waals surface area contributed by atoms with Crippen molar-refractivity contribution in [3.8, 4) is 0 Å². The first kappa shape index (κ1) is 28.2. The van der Waals surface area contributed by atoms with Gasteiger partial charge in [0.05, 0.1) is 36.5 Å². The molecule has 4 aromatic heterocycles. The van der Waals surface area contributed by atoms with Gasteiger partial charge < -0.3 is 31.5 Å². The zero-order chi connectivity index (χ0) is 29.1. The molecule has 22 heteroatoms. The van der Waals surface area contributed by atoms with Crippen LogP contribution in [0.4, 0.5) is 11.8 Å². The molecule has 0 amide bonds. The van der Waals surface area contributed by atoms with Crippen molar-refractivity contribution in [2.75, 3.05) is 30.4 Å². The molecule has 2 aliphatic rings. The summed E-state index contributed by atoms with van der Waals surface area (Å²) in [6, 6.07) is 0. The lowest BCUT2D eigenvalue weighted by Gasteiger charge is -2.34. The van der Waals surface area contributed by atoms with E-state index in [1.165, 1.54) is 17.0 Å². The Morgan fingerprint density at radius 3 is 2.88 bits per heavy atom. The number of imidazole rings is 1. The van der Waals surface area contributed by atoms with E-state index < -0.39 is 61.0 Å². The Hall–Kier alpha value is -2.88. The normalized spacial score (nSPS) is 29.9. The standard InChI is InChI=1S/C19H24N11O8PS2/c20-14-16-22-2-7(29(16)24-6-23-14)9-1-8(32)10(37-9)4-36-39(35,40)38-19(5-41-11(3-31)13(19)33)30-15-12(27-28-30)17(34)26-18(21)25-15/h2,6,8-11,13,31-33H,1,3-5H2,(H,35,40)(H2,20,23,24)(H3,21,25,26,34)/t8-,9+,10+,11+,13+,19+,39?/m0/s1. The number of thioether (sulfide) groups is 1. The van der Waals surface area contributed by atoms with Gasteiger partial charge in [0.15, 0.2) is 22.6 Å². The summed E-state index contributed by atoms with van der Waals surface area (Å²) >= 11 is 5.19. The Morgan fingerprint density at radius 1 is 1.32 bits per heavy atom. The van der Waals surface area contributed by atoms with Crippen LogP contribution in [0.3, 0.4) is 0 Å². The topological polar surface area (TPSA) is 277 Å². The number of nitrogens with zero attached hydrogens (tertiary/aromatic N) is 8. The molecule has 41 heavy (non-hydrogen) atoms. The Morgan fingerprint density at radius 2 is 2.12 bits per heavy atom. The average molecular weight is 630 g/mol. The molecule has 0 radical (unpaired) electrons. The molecule has 0 aliphatic carbocycles. The SMILES string of the molecule is Nc1nc2c(nnn2[C@@]2(OP(=O)(S)OC[C@H]3O[C@@H](c4cnc5c(N)ncnn45)C[C@@H]3O)CS[C@H](CO)[C@H]2O)c(=O)[nH]1. The third-order valence-electron chi connectivity index (χ3n) is 6.77. The largest absolute Gasteiger partial charge is 0.395 e. The molecular formula is C19H24N11O8PS2. The number of anilines is 2. The summed E-state index contributed by atoms with van der Waals surface area (Å²) in [7, 11) is 0. The minimum Gasteiger partial charge on any atom is -0.395 e. The molecule has 0 bridgehead atoms. The van der Waals surface area contributed by atoms with E-state index in [1.807, 2.05) is 0 Å². The first-order valence-electron chi connectivity index (χ1n) is 12.0. The number of fused-ring (bicyclic) bond motifs is 2. The van der Waals surface area contributed by atoms with Crippen molar-refractivity contribution in [3.63, 3.8) is 0 Å². The fourth-order valence-corrected chi connectivity index (χ4v) is 7.84. The average Bonchev–Trinajstić information content (AvgIpc) is 3.69. The summed E-state index contributed by atoms with van der Waals surface area (Å²) in [5.41, 5.74) is 9.32. The highest BCUT2D eigenvalue weighted by Crippen LogP contribution is 2.60. The number of H-pyrrole nitrogens is 1. The van der Waals surface area contributed by atoms with Crippen molar-refractivity contribution in [1.29, 1.82) is 0 Å². The molecule has 8 N–H and O–H groups in total. The molecule has 0 saturated carbocycles. The number of nitrogen functional groups attached to an aromatic ring is 2. The van der Waals surface area contributed by atoms with Gasteiger partial charge in [0.2, 0.25) is 11.7 Å². The number of aromatic nitrogens is 9. The Balaban J connectivity index is 1.23. The second-order valence-corrected chi connectivity index (χ2v) is 13.4. The Bertz CT molecular complexity index is 1720. The smallest absolute Gasteiger partial charge is 0.388 e. The van der Waals surface area contributed by atoms with Crippen LogP contribution in [0.1, 0.15) is 18.2 Å². The summed E-state index contributed by atoms with van der Waals surface area (Å²) in [6.07, 6.45) is -1.24. The van der Waals surface area contributed by atoms with E-state index in [2.05, 4.69) is 47.6 Å². The van der Waals surface area contributed by atoms with Crippen molar-refractivity contribution in [1.82, 2.24) is 44.5 Å². The van der Waals surface area contributed by atoms with E-state index in [4.69, 9.17) is 25.3 Å². The van der Waals surface area contributed by atoms with Crippen LogP contribution in [0.15, 0.2) is 17.3 Å². The number of thiol groups is 1. The second-order valence-electron chi connectivity index (χ2n) is 9.33. The molecule has 2 fully saturated rings. The van der Waals surface area contributed by atoms with Crippen molar-refractivity contribution in [2.45, 2.75) is 41.8 Å². The molecule has 2 saturated heterocycles. The lowest BCUT2D eigenvalue weighted by atomic mass is 10.1.